The van der Waals surface area contributed by atoms with Gasteiger partial charge in [0.1, 0.15) is 5.75 Å². The van der Waals surface area contributed by atoms with Crippen LogP contribution in [-0.2, 0) is 6.42 Å². The summed E-state index contributed by atoms with van der Waals surface area (Å²) >= 11 is 1.72. The van der Waals surface area contributed by atoms with Crippen LogP contribution in [0.2, 0.25) is 0 Å². The summed E-state index contributed by atoms with van der Waals surface area (Å²) < 4.78 is 5.64. The topological polar surface area (TPSA) is 92.8 Å². The number of carbonyl (C=O) groups is 1. The Bertz CT molecular complexity index is 668. The molecule has 5 nitrogen and oxygen atoms in total. The Labute approximate surface area is 152 Å². The molecular weight excluding hydrogens is 338 g/mol. The van der Waals surface area contributed by atoms with Crippen LogP contribution in [0.25, 0.3) is 0 Å². The van der Waals surface area contributed by atoms with E-state index in [0.29, 0.717) is 12.4 Å². The van der Waals surface area contributed by atoms with E-state index in [1.54, 1.807) is 23.5 Å². The standard InChI is InChI=1S/C19H25NO4S/c1-13(12-21)11-17(20)18-9-8-16(25-18)3-2-10-24-15-6-4-14(5-7-15)19(22)23/h4-9,13,17,21H,2-3,10-12,20H2,1H3,(H,22,23)/t13-,17?/m1/s1. The number of ether oxygens (including phenoxy) is 1. The molecule has 25 heavy (non-hydrogen) atoms. The van der Waals surface area contributed by atoms with Crippen LogP contribution in [0.15, 0.2) is 36.4 Å². The van der Waals surface area contributed by atoms with E-state index in [1.807, 2.05) is 6.92 Å². The molecule has 136 valence electrons. The number of carboxylic acid groups (broad SMARTS) is 1. The van der Waals surface area contributed by atoms with Gasteiger partial charge in [-0.05, 0) is 61.6 Å². The first-order chi connectivity index (χ1) is 12.0. The number of hydrogen-bond donors (Lipinski definition) is 3. The quantitative estimate of drug-likeness (QED) is 0.562. The summed E-state index contributed by atoms with van der Waals surface area (Å²) in [4.78, 5) is 13.2. The van der Waals surface area contributed by atoms with Crippen LogP contribution in [0.5, 0.6) is 5.75 Å². The maximum atomic E-state index is 10.8. The van der Waals surface area contributed by atoms with Gasteiger partial charge in [0.2, 0.25) is 0 Å². The average molecular weight is 363 g/mol. The molecule has 0 saturated heterocycles. The molecular formula is C19H25NO4S. The van der Waals surface area contributed by atoms with E-state index in [2.05, 4.69) is 12.1 Å². The molecule has 2 aromatic rings. The number of thiophene rings is 1. The summed E-state index contributed by atoms with van der Waals surface area (Å²) in [6, 6.07) is 10.6. The van der Waals surface area contributed by atoms with Gasteiger partial charge < -0.3 is 20.7 Å². The fraction of sp³-hybridized carbons (Fsp3) is 0.421. The smallest absolute Gasteiger partial charge is 0.335 e. The first kappa shape index (κ1) is 19.4. The van der Waals surface area contributed by atoms with E-state index in [4.69, 9.17) is 20.7 Å². The molecule has 0 aliphatic heterocycles. The maximum absolute atomic E-state index is 10.8. The number of benzene rings is 1. The Morgan fingerprint density at radius 2 is 1.96 bits per heavy atom. The van der Waals surface area contributed by atoms with E-state index in [9.17, 15) is 4.79 Å². The van der Waals surface area contributed by atoms with Crippen LogP contribution in [0.4, 0.5) is 0 Å². The minimum absolute atomic E-state index is 0.0232. The number of carboxylic acids is 1. The van der Waals surface area contributed by atoms with Crippen LogP contribution in [0, 0.1) is 5.92 Å². The van der Waals surface area contributed by atoms with E-state index in [-0.39, 0.29) is 24.1 Å². The van der Waals surface area contributed by atoms with Crippen molar-refractivity contribution in [2.45, 2.75) is 32.2 Å². The van der Waals surface area contributed by atoms with Gasteiger partial charge in [0.25, 0.3) is 0 Å². The van der Waals surface area contributed by atoms with E-state index >= 15 is 0 Å². The van der Waals surface area contributed by atoms with E-state index in [0.717, 1.165) is 24.1 Å². The van der Waals surface area contributed by atoms with Gasteiger partial charge in [-0.15, -0.1) is 11.3 Å². The number of aromatic carboxylic acids is 1. The van der Waals surface area contributed by atoms with Crippen molar-refractivity contribution in [2.75, 3.05) is 13.2 Å². The van der Waals surface area contributed by atoms with Crippen LogP contribution < -0.4 is 10.5 Å². The summed E-state index contributed by atoms with van der Waals surface area (Å²) in [5.41, 5.74) is 6.44. The van der Waals surface area contributed by atoms with Crippen molar-refractivity contribution in [3.63, 3.8) is 0 Å². The molecule has 2 rings (SSSR count). The van der Waals surface area contributed by atoms with Gasteiger partial charge in [0.05, 0.1) is 12.2 Å². The lowest BCUT2D eigenvalue weighted by Crippen LogP contribution is -2.14. The van der Waals surface area contributed by atoms with Gasteiger partial charge in [-0.3, -0.25) is 0 Å². The molecule has 0 aliphatic carbocycles. The Balaban J connectivity index is 1.74. The molecule has 0 amide bonds. The molecule has 1 unspecified atom stereocenters. The minimum atomic E-state index is -0.938. The molecule has 0 bridgehead atoms. The predicted molar refractivity (Wildman–Crippen MR) is 99.3 cm³/mol. The van der Waals surface area contributed by atoms with Gasteiger partial charge in [-0.25, -0.2) is 4.79 Å². The number of aliphatic hydroxyl groups excluding tert-OH is 1. The molecule has 0 aliphatic rings. The highest BCUT2D eigenvalue weighted by molar-refractivity contribution is 7.12. The van der Waals surface area contributed by atoms with Crippen molar-refractivity contribution in [1.29, 1.82) is 0 Å². The van der Waals surface area contributed by atoms with Crippen molar-refractivity contribution in [2.24, 2.45) is 11.7 Å². The van der Waals surface area contributed by atoms with Crippen LogP contribution in [0.1, 0.15) is 45.9 Å². The monoisotopic (exact) mass is 363 g/mol. The Kier molecular flexibility index (Phi) is 7.43. The zero-order valence-corrected chi connectivity index (χ0v) is 15.2. The molecule has 6 heteroatoms. The second-order valence-electron chi connectivity index (χ2n) is 6.22. The number of rotatable bonds is 10. The average Bonchev–Trinajstić information content (AvgIpc) is 3.08. The molecule has 0 fully saturated rings. The lowest BCUT2D eigenvalue weighted by molar-refractivity contribution is 0.0697. The number of nitrogens with two attached hydrogens (primary N) is 1. The van der Waals surface area contributed by atoms with Gasteiger partial charge in [-0.1, -0.05) is 6.92 Å². The fourth-order valence-corrected chi connectivity index (χ4v) is 3.55. The van der Waals surface area contributed by atoms with E-state index in [1.165, 1.54) is 17.0 Å². The van der Waals surface area contributed by atoms with Gasteiger partial charge in [0.15, 0.2) is 0 Å². The second kappa shape index (κ2) is 9.56. The molecule has 2 atom stereocenters. The molecule has 1 aromatic carbocycles. The third-order valence-electron chi connectivity index (χ3n) is 3.95. The lowest BCUT2D eigenvalue weighted by atomic mass is 10.0. The normalized spacial score (nSPS) is 13.4. The van der Waals surface area contributed by atoms with Gasteiger partial charge in [0, 0.05) is 22.4 Å². The zero-order valence-electron chi connectivity index (χ0n) is 14.4. The molecule has 1 heterocycles. The third-order valence-corrected chi connectivity index (χ3v) is 5.23. The highest BCUT2D eigenvalue weighted by Crippen LogP contribution is 2.27. The molecule has 0 radical (unpaired) electrons. The Hall–Kier alpha value is -1.89. The lowest BCUT2D eigenvalue weighted by Gasteiger charge is -2.13. The van der Waals surface area contributed by atoms with Gasteiger partial charge >= 0.3 is 5.97 Å². The predicted octanol–water partition coefficient (Wildman–Crippen LogP) is 3.48. The molecule has 0 saturated carbocycles. The SMILES string of the molecule is C[C@@H](CO)CC(N)c1ccc(CCCOc2ccc(C(=O)O)cc2)s1. The van der Waals surface area contributed by atoms with Crippen molar-refractivity contribution >= 4 is 17.3 Å². The maximum Gasteiger partial charge on any atom is 0.335 e. The van der Waals surface area contributed by atoms with Crippen molar-refractivity contribution in [3.8, 4) is 5.75 Å². The summed E-state index contributed by atoms with van der Waals surface area (Å²) in [6.45, 7) is 2.73. The Morgan fingerprint density at radius 3 is 2.60 bits per heavy atom. The first-order valence-electron chi connectivity index (χ1n) is 8.40. The Morgan fingerprint density at radius 1 is 1.24 bits per heavy atom. The minimum Gasteiger partial charge on any atom is -0.494 e. The fourth-order valence-electron chi connectivity index (χ4n) is 2.48. The summed E-state index contributed by atoms with van der Waals surface area (Å²) in [5, 5.41) is 18.0. The summed E-state index contributed by atoms with van der Waals surface area (Å²) in [7, 11) is 0. The third kappa shape index (κ3) is 6.16. The number of aryl methyl sites for hydroxylation is 1. The summed E-state index contributed by atoms with van der Waals surface area (Å²) in [6.07, 6.45) is 2.58. The van der Waals surface area contributed by atoms with Crippen LogP contribution in [0.3, 0.4) is 0 Å². The number of hydrogen-bond acceptors (Lipinski definition) is 5. The van der Waals surface area contributed by atoms with Crippen molar-refractivity contribution < 1.29 is 19.7 Å². The second-order valence-corrected chi connectivity index (χ2v) is 7.42. The molecule has 1 aromatic heterocycles. The highest BCUT2D eigenvalue weighted by atomic mass is 32.1. The van der Waals surface area contributed by atoms with Crippen molar-refractivity contribution in [1.82, 2.24) is 0 Å². The van der Waals surface area contributed by atoms with Crippen LogP contribution >= 0.6 is 11.3 Å². The molecule has 0 spiro atoms. The first-order valence-corrected chi connectivity index (χ1v) is 9.22. The van der Waals surface area contributed by atoms with Gasteiger partial charge in [-0.2, -0.15) is 0 Å². The van der Waals surface area contributed by atoms with E-state index < -0.39 is 5.97 Å². The summed E-state index contributed by atoms with van der Waals surface area (Å²) in [5.74, 6) is -0.0509. The largest absolute Gasteiger partial charge is 0.494 e. The molecule has 4 N–H and O–H groups in total. The number of aliphatic hydroxyl groups is 1. The highest BCUT2D eigenvalue weighted by Gasteiger charge is 2.13. The van der Waals surface area contributed by atoms with Crippen molar-refractivity contribution in [3.05, 3.63) is 51.7 Å². The zero-order chi connectivity index (χ0) is 18.2. The van der Waals surface area contributed by atoms with Crippen LogP contribution in [-0.4, -0.2) is 29.4 Å².